The number of nitrogens with two attached hydrogens (primary N) is 1. The minimum absolute atomic E-state index is 0.0701. The Kier molecular flexibility index (Phi) is 11.9. The predicted molar refractivity (Wildman–Crippen MR) is 103 cm³/mol. The molecular weight excluding hydrogens is 365 g/mol. The van der Waals surface area contributed by atoms with Gasteiger partial charge in [-0.15, -0.1) is 0 Å². The van der Waals surface area contributed by atoms with Crippen molar-refractivity contribution in [1.29, 1.82) is 0 Å². The van der Waals surface area contributed by atoms with Crippen LogP contribution >= 0.6 is 19.8 Å². The molecule has 7 nitrogen and oxygen atoms in total. The van der Waals surface area contributed by atoms with E-state index in [2.05, 4.69) is 5.73 Å². The Bertz CT molecular complexity index is 742. The number of hydrogen-bond acceptors (Lipinski definition) is 6. The highest BCUT2D eigenvalue weighted by Gasteiger charge is 2.11. The van der Waals surface area contributed by atoms with E-state index >= 15 is 0 Å². The maximum absolute atomic E-state index is 10.7. The van der Waals surface area contributed by atoms with Crippen LogP contribution in [-0.2, 0) is 9.30 Å². The van der Waals surface area contributed by atoms with Crippen LogP contribution in [-0.4, -0.2) is 35.2 Å². The van der Waals surface area contributed by atoms with Crippen LogP contribution in [0.1, 0.15) is 19.3 Å². The van der Waals surface area contributed by atoms with E-state index in [1.165, 1.54) is 20.2 Å². The molecule has 1 heterocycles. The van der Waals surface area contributed by atoms with Crippen molar-refractivity contribution in [2.45, 2.75) is 19.3 Å². The summed E-state index contributed by atoms with van der Waals surface area (Å²) in [4.78, 5) is 27.7. The normalized spacial score (nSPS) is 10.1. The second kappa shape index (κ2) is 12.7. The average molecular weight is 389 g/mol. The predicted octanol–water partition coefficient (Wildman–Crippen LogP) is 2.68. The van der Waals surface area contributed by atoms with Crippen molar-refractivity contribution >= 4 is 35.8 Å². The van der Waals surface area contributed by atoms with Crippen molar-refractivity contribution in [3.8, 4) is 0 Å². The van der Waals surface area contributed by atoms with E-state index in [1.807, 2.05) is 18.2 Å². The highest BCUT2D eigenvalue weighted by molar-refractivity contribution is 7.80. The van der Waals surface area contributed by atoms with Crippen LogP contribution < -0.4 is 11.4 Å². The van der Waals surface area contributed by atoms with Gasteiger partial charge in [-0.05, 0) is 44.2 Å². The topological polar surface area (TPSA) is 123 Å². The second-order valence-corrected chi connectivity index (χ2v) is 6.95. The SMILES string of the molecule is CN.COC(=S)CCCCP(=O)(O)O.O=c1ccc2ccccc2o1. The third kappa shape index (κ3) is 11.6. The molecule has 0 spiro atoms. The van der Waals surface area contributed by atoms with Gasteiger partial charge in [0.1, 0.15) is 5.58 Å². The van der Waals surface area contributed by atoms with Crippen LogP contribution in [0.2, 0.25) is 0 Å². The lowest BCUT2D eigenvalue weighted by Crippen LogP contribution is -1.97. The van der Waals surface area contributed by atoms with E-state index in [0.29, 0.717) is 29.9 Å². The summed E-state index contributed by atoms with van der Waals surface area (Å²) in [6.07, 6.45) is 1.66. The van der Waals surface area contributed by atoms with E-state index in [9.17, 15) is 9.36 Å². The molecule has 0 saturated heterocycles. The molecule has 1 aromatic heterocycles. The first-order valence-electron chi connectivity index (χ1n) is 7.50. The van der Waals surface area contributed by atoms with Crippen LogP contribution in [0.25, 0.3) is 11.0 Å². The number of fused-ring (bicyclic) bond motifs is 1. The number of rotatable bonds is 5. The fourth-order valence-corrected chi connectivity index (χ4v) is 2.48. The Hall–Kier alpha value is -1.57. The first kappa shape index (κ1) is 23.4. The van der Waals surface area contributed by atoms with Crippen LogP contribution in [0.4, 0.5) is 0 Å². The first-order chi connectivity index (χ1) is 11.8. The molecule has 0 atom stereocenters. The zero-order chi connectivity index (χ0) is 19.3. The van der Waals surface area contributed by atoms with Gasteiger partial charge in [0.25, 0.3) is 0 Å². The summed E-state index contributed by atoms with van der Waals surface area (Å²) in [6.45, 7) is 0. The van der Waals surface area contributed by atoms with Crippen molar-refractivity contribution in [2.75, 3.05) is 20.3 Å². The highest BCUT2D eigenvalue weighted by Crippen LogP contribution is 2.35. The van der Waals surface area contributed by atoms with Crippen molar-refractivity contribution in [2.24, 2.45) is 5.73 Å². The largest absolute Gasteiger partial charge is 0.490 e. The molecule has 140 valence electrons. The maximum Gasteiger partial charge on any atom is 0.336 e. The molecule has 0 aliphatic carbocycles. The van der Waals surface area contributed by atoms with Gasteiger partial charge in [0.05, 0.1) is 7.11 Å². The Morgan fingerprint density at radius 3 is 2.44 bits per heavy atom. The molecule has 2 aromatic rings. The molecule has 0 aliphatic rings. The second-order valence-electron chi connectivity index (χ2n) is 4.71. The zero-order valence-corrected chi connectivity index (χ0v) is 16.0. The van der Waals surface area contributed by atoms with E-state index in [4.69, 9.17) is 31.2 Å². The summed E-state index contributed by atoms with van der Waals surface area (Å²) in [5.74, 6) is 0. The standard InChI is InChI=1S/C9H6O2.C6H13O4PS.CH5N/c10-9-6-5-7-3-1-2-4-8(7)11-9;1-10-6(12)4-2-3-5-11(7,8)9;1-2/h1-6H;2-5H2,1H3,(H2,7,8,9);2H2,1H3. The Morgan fingerprint density at radius 1 is 1.20 bits per heavy atom. The minimum atomic E-state index is -3.82. The first-order valence-corrected chi connectivity index (χ1v) is 9.70. The lowest BCUT2D eigenvalue weighted by molar-refractivity contribution is 0.370. The van der Waals surface area contributed by atoms with Crippen LogP contribution in [0.15, 0.2) is 45.6 Å². The van der Waals surface area contributed by atoms with Crippen molar-refractivity contribution in [3.63, 3.8) is 0 Å². The summed E-state index contributed by atoms with van der Waals surface area (Å²) >= 11 is 4.75. The molecule has 9 heteroatoms. The number of para-hydroxylation sites is 1. The Labute approximate surface area is 152 Å². The Balaban J connectivity index is 0.000000419. The molecule has 0 unspecified atom stereocenters. The van der Waals surface area contributed by atoms with Crippen LogP contribution in [0.5, 0.6) is 0 Å². The van der Waals surface area contributed by atoms with E-state index in [-0.39, 0.29) is 11.8 Å². The van der Waals surface area contributed by atoms with Crippen molar-refractivity contribution in [1.82, 2.24) is 0 Å². The number of thiocarbonyl (C=S) groups is 1. The van der Waals surface area contributed by atoms with Crippen molar-refractivity contribution < 1.29 is 23.5 Å². The van der Waals surface area contributed by atoms with E-state index in [0.717, 1.165) is 5.39 Å². The lowest BCUT2D eigenvalue weighted by Gasteiger charge is -2.03. The van der Waals surface area contributed by atoms with Gasteiger partial charge in [0.15, 0.2) is 5.05 Å². The Morgan fingerprint density at radius 2 is 1.84 bits per heavy atom. The third-order valence-corrected chi connectivity index (χ3v) is 4.11. The molecular formula is C16H24NO6PS. The number of hydrogen-bond donors (Lipinski definition) is 3. The summed E-state index contributed by atoms with van der Waals surface area (Å²) in [5, 5.41) is 1.44. The number of ether oxygens (including phenoxy) is 1. The molecule has 0 bridgehead atoms. The van der Waals surface area contributed by atoms with Gasteiger partial charge in [-0.3, -0.25) is 4.57 Å². The molecule has 25 heavy (non-hydrogen) atoms. The fraction of sp³-hybridized carbons (Fsp3) is 0.375. The van der Waals surface area contributed by atoms with Crippen molar-refractivity contribution in [3.05, 3.63) is 46.8 Å². The van der Waals surface area contributed by atoms with Crippen LogP contribution in [0.3, 0.4) is 0 Å². The molecule has 0 amide bonds. The van der Waals surface area contributed by atoms with Gasteiger partial charge in [0, 0.05) is 24.0 Å². The summed E-state index contributed by atoms with van der Waals surface area (Å²) in [6, 6.07) is 10.6. The smallest absolute Gasteiger partial charge is 0.336 e. The monoisotopic (exact) mass is 389 g/mol. The highest BCUT2D eigenvalue weighted by atomic mass is 32.1. The van der Waals surface area contributed by atoms with E-state index in [1.54, 1.807) is 12.1 Å². The molecule has 0 radical (unpaired) electrons. The summed E-state index contributed by atoms with van der Waals surface area (Å²) in [5.41, 5.74) is 4.84. The third-order valence-electron chi connectivity index (χ3n) is 2.84. The average Bonchev–Trinajstić information content (AvgIpc) is 2.60. The van der Waals surface area contributed by atoms with Crippen LogP contribution in [0, 0.1) is 0 Å². The van der Waals surface area contributed by atoms with Gasteiger partial charge >= 0.3 is 13.2 Å². The number of unbranched alkanes of at least 4 members (excludes halogenated alkanes) is 1. The lowest BCUT2D eigenvalue weighted by atomic mass is 10.2. The quantitative estimate of drug-likeness (QED) is 0.309. The number of methoxy groups -OCH3 is 1. The minimum Gasteiger partial charge on any atom is -0.490 e. The van der Waals surface area contributed by atoms with Gasteiger partial charge in [-0.25, -0.2) is 4.79 Å². The number of benzene rings is 1. The zero-order valence-electron chi connectivity index (χ0n) is 14.3. The molecule has 0 saturated carbocycles. The molecule has 1 aromatic carbocycles. The van der Waals surface area contributed by atoms with Gasteiger partial charge in [0.2, 0.25) is 0 Å². The molecule has 0 aliphatic heterocycles. The van der Waals surface area contributed by atoms with Gasteiger partial charge in [-0.1, -0.05) is 18.2 Å². The fourth-order valence-electron chi connectivity index (χ4n) is 1.70. The van der Waals surface area contributed by atoms with Gasteiger partial charge < -0.3 is 24.7 Å². The summed E-state index contributed by atoms with van der Waals surface area (Å²) in [7, 11) is -0.827. The van der Waals surface area contributed by atoms with E-state index < -0.39 is 7.60 Å². The molecule has 2 rings (SSSR count). The molecule has 0 fully saturated rings. The summed E-state index contributed by atoms with van der Waals surface area (Å²) < 4.78 is 20.0. The molecule has 4 N–H and O–H groups in total. The maximum atomic E-state index is 10.7. The van der Waals surface area contributed by atoms with Gasteiger partial charge in [-0.2, -0.15) is 0 Å².